The van der Waals surface area contributed by atoms with Crippen LogP contribution in [0.1, 0.15) is 24.8 Å². The van der Waals surface area contributed by atoms with Gasteiger partial charge in [0.15, 0.2) is 0 Å². The van der Waals surface area contributed by atoms with Gasteiger partial charge >= 0.3 is 0 Å². The van der Waals surface area contributed by atoms with E-state index in [9.17, 15) is 4.79 Å². The zero-order chi connectivity index (χ0) is 13.8. The zero-order valence-electron chi connectivity index (χ0n) is 10.4. The number of ether oxygens (including phenoxy) is 1. The van der Waals surface area contributed by atoms with E-state index in [1.165, 1.54) is 18.4 Å². The highest BCUT2D eigenvalue weighted by atomic mass is 79.9. The molecule has 1 aliphatic rings. The lowest BCUT2D eigenvalue weighted by atomic mass is 10.2. The van der Waals surface area contributed by atoms with Gasteiger partial charge in [-0.1, -0.05) is 0 Å². The smallest absolute Gasteiger partial charge is 0.220 e. The number of rotatable bonds is 7. The molecule has 0 aromatic heterocycles. The lowest BCUT2D eigenvalue weighted by Crippen LogP contribution is -2.16. The van der Waals surface area contributed by atoms with Gasteiger partial charge in [-0.05, 0) is 62.4 Å². The van der Waals surface area contributed by atoms with Crippen molar-refractivity contribution in [3.63, 3.8) is 0 Å². The number of halogens is 2. The number of benzene rings is 1. The minimum atomic E-state index is -0.363. The molecular weight excluding hydrogens is 376 g/mol. The molecule has 104 valence electrons. The van der Waals surface area contributed by atoms with Gasteiger partial charge in [0.25, 0.3) is 0 Å². The number of hydrogen-bond acceptors (Lipinski definition) is 3. The number of nitrogens with two attached hydrogens (primary N) is 1. The van der Waals surface area contributed by atoms with Crippen molar-refractivity contribution in [2.75, 3.05) is 6.61 Å². The summed E-state index contributed by atoms with van der Waals surface area (Å²) in [5.41, 5.74) is 6.27. The second-order valence-corrected chi connectivity index (χ2v) is 6.32. The van der Waals surface area contributed by atoms with E-state index in [1.54, 1.807) is 0 Å². The maximum Gasteiger partial charge on any atom is 0.220 e. The Balaban J connectivity index is 1.96. The summed E-state index contributed by atoms with van der Waals surface area (Å²) in [7, 11) is 0. The first kappa shape index (κ1) is 14.8. The van der Waals surface area contributed by atoms with Crippen LogP contribution in [0.5, 0.6) is 5.75 Å². The number of carbonyl (C=O) groups is 1. The van der Waals surface area contributed by atoms with Crippen molar-refractivity contribution in [2.24, 2.45) is 5.73 Å². The Morgan fingerprint density at radius 2 is 2.00 bits per heavy atom. The molecule has 2 rings (SSSR count). The molecule has 0 heterocycles. The first-order valence-electron chi connectivity index (χ1n) is 6.18. The number of carbonyl (C=O) groups excluding carboxylic acids is 1. The molecule has 1 aliphatic carbocycles. The summed E-state index contributed by atoms with van der Waals surface area (Å²) in [4.78, 5) is 10.7. The highest BCUT2D eigenvalue weighted by molar-refractivity contribution is 9.11. The largest absolute Gasteiger partial charge is 0.491 e. The molecule has 0 unspecified atom stereocenters. The van der Waals surface area contributed by atoms with E-state index in [0.717, 1.165) is 15.5 Å². The van der Waals surface area contributed by atoms with Gasteiger partial charge in [-0.25, -0.2) is 0 Å². The molecule has 0 saturated heterocycles. The molecule has 19 heavy (non-hydrogen) atoms. The van der Waals surface area contributed by atoms with Crippen LogP contribution in [0, 0.1) is 0 Å². The van der Waals surface area contributed by atoms with Crippen LogP contribution < -0.4 is 15.8 Å². The van der Waals surface area contributed by atoms with Crippen molar-refractivity contribution in [1.29, 1.82) is 0 Å². The van der Waals surface area contributed by atoms with Gasteiger partial charge in [0.05, 0.1) is 22.0 Å². The van der Waals surface area contributed by atoms with Crippen LogP contribution in [0.3, 0.4) is 0 Å². The Labute approximate surface area is 129 Å². The topological polar surface area (TPSA) is 64.4 Å². The third-order valence-electron chi connectivity index (χ3n) is 2.83. The van der Waals surface area contributed by atoms with Crippen molar-refractivity contribution >= 4 is 37.8 Å². The predicted molar refractivity (Wildman–Crippen MR) is 81.0 cm³/mol. The van der Waals surface area contributed by atoms with Crippen LogP contribution in [0.4, 0.5) is 0 Å². The minimum Gasteiger partial charge on any atom is -0.491 e. The van der Waals surface area contributed by atoms with E-state index in [2.05, 4.69) is 37.2 Å². The zero-order valence-corrected chi connectivity index (χ0v) is 13.6. The third kappa shape index (κ3) is 4.78. The Kier molecular flexibility index (Phi) is 5.24. The third-order valence-corrected chi connectivity index (χ3v) is 4.00. The molecule has 1 fully saturated rings. The highest BCUT2D eigenvalue weighted by Gasteiger charge is 2.20. The number of primary amides is 1. The van der Waals surface area contributed by atoms with Crippen molar-refractivity contribution in [3.05, 3.63) is 26.6 Å². The standard InChI is InChI=1S/C13H16Br2N2O2/c14-10-5-8(7-17-9-1-2-9)6-11(15)13(10)19-4-3-12(16)18/h5-6,9,17H,1-4,7H2,(H2,16,18). The van der Waals surface area contributed by atoms with Crippen LogP contribution in [-0.4, -0.2) is 18.6 Å². The summed E-state index contributed by atoms with van der Waals surface area (Å²) in [5, 5.41) is 3.46. The molecule has 1 saturated carbocycles. The molecule has 1 amide bonds. The first-order chi connectivity index (χ1) is 9.06. The SMILES string of the molecule is NC(=O)CCOc1c(Br)cc(CNC2CC2)cc1Br. The molecule has 0 atom stereocenters. The number of amides is 1. The average molecular weight is 392 g/mol. The maximum absolute atomic E-state index is 10.7. The molecular formula is C13H16Br2N2O2. The van der Waals surface area contributed by atoms with E-state index in [1.807, 2.05) is 12.1 Å². The van der Waals surface area contributed by atoms with Crippen LogP contribution in [0.2, 0.25) is 0 Å². The predicted octanol–water partition coefficient (Wildman–Crippen LogP) is 2.72. The fourth-order valence-corrected chi connectivity index (χ4v) is 3.17. The average Bonchev–Trinajstić information content (AvgIpc) is 3.13. The van der Waals surface area contributed by atoms with Crippen molar-refractivity contribution in [3.8, 4) is 5.75 Å². The van der Waals surface area contributed by atoms with Gasteiger partial charge in [0.1, 0.15) is 5.75 Å². The Morgan fingerprint density at radius 1 is 1.37 bits per heavy atom. The van der Waals surface area contributed by atoms with Crippen LogP contribution in [0.25, 0.3) is 0 Å². The van der Waals surface area contributed by atoms with E-state index in [-0.39, 0.29) is 18.9 Å². The lowest BCUT2D eigenvalue weighted by Gasteiger charge is -2.12. The summed E-state index contributed by atoms with van der Waals surface area (Å²) in [5.74, 6) is 0.342. The first-order valence-corrected chi connectivity index (χ1v) is 7.77. The molecule has 0 aliphatic heterocycles. The summed E-state index contributed by atoms with van der Waals surface area (Å²) in [6.45, 7) is 1.13. The number of hydrogen-bond donors (Lipinski definition) is 2. The lowest BCUT2D eigenvalue weighted by molar-refractivity contribution is -0.118. The van der Waals surface area contributed by atoms with E-state index < -0.39 is 0 Å². The Morgan fingerprint density at radius 3 is 2.53 bits per heavy atom. The minimum absolute atomic E-state index is 0.212. The summed E-state index contributed by atoms with van der Waals surface area (Å²) in [6.07, 6.45) is 2.76. The van der Waals surface area contributed by atoms with E-state index in [0.29, 0.717) is 11.8 Å². The van der Waals surface area contributed by atoms with E-state index in [4.69, 9.17) is 10.5 Å². The number of nitrogens with one attached hydrogen (secondary N) is 1. The molecule has 1 aromatic rings. The second kappa shape index (κ2) is 6.72. The molecule has 0 radical (unpaired) electrons. The van der Waals surface area contributed by atoms with Gasteiger partial charge in [-0.3, -0.25) is 4.79 Å². The molecule has 1 aromatic carbocycles. The van der Waals surface area contributed by atoms with Crippen LogP contribution >= 0.6 is 31.9 Å². The molecule has 3 N–H and O–H groups in total. The van der Waals surface area contributed by atoms with Gasteiger partial charge in [-0.15, -0.1) is 0 Å². The monoisotopic (exact) mass is 390 g/mol. The second-order valence-electron chi connectivity index (χ2n) is 4.61. The Hall–Kier alpha value is -0.590. The Bertz CT molecular complexity index is 453. The molecule has 6 heteroatoms. The van der Waals surface area contributed by atoms with E-state index >= 15 is 0 Å². The molecule has 0 spiro atoms. The van der Waals surface area contributed by atoms with Gasteiger partial charge in [-0.2, -0.15) is 0 Å². The normalized spacial score (nSPS) is 14.4. The van der Waals surface area contributed by atoms with Gasteiger partial charge in [0.2, 0.25) is 5.91 Å². The summed E-state index contributed by atoms with van der Waals surface area (Å²) >= 11 is 6.98. The maximum atomic E-state index is 10.7. The highest BCUT2D eigenvalue weighted by Crippen LogP contribution is 2.35. The summed E-state index contributed by atoms with van der Waals surface area (Å²) < 4.78 is 7.30. The molecule has 4 nitrogen and oxygen atoms in total. The van der Waals surface area contributed by atoms with Crippen LogP contribution in [0.15, 0.2) is 21.1 Å². The fraction of sp³-hybridized carbons (Fsp3) is 0.462. The van der Waals surface area contributed by atoms with Gasteiger partial charge in [0, 0.05) is 12.6 Å². The quantitative estimate of drug-likeness (QED) is 0.750. The summed E-state index contributed by atoms with van der Waals surface area (Å²) in [6, 6.07) is 4.74. The molecule has 0 bridgehead atoms. The van der Waals surface area contributed by atoms with Crippen molar-refractivity contribution < 1.29 is 9.53 Å². The van der Waals surface area contributed by atoms with Gasteiger partial charge < -0.3 is 15.8 Å². The van der Waals surface area contributed by atoms with Crippen molar-refractivity contribution in [1.82, 2.24) is 5.32 Å². The van der Waals surface area contributed by atoms with Crippen LogP contribution in [-0.2, 0) is 11.3 Å². The van der Waals surface area contributed by atoms with Crippen molar-refractivity contribution in [2.45, 2.75) is 31.8 Å². The fourth-order valence-electron chi connectivity index (χ4n) is 1.66.